The lowest BCUT2D eigenvalue weighted by atomic mass is 9.73. The average Bonchev–Trinajstić information content (AvgIpc) is 3.57. The van der Waals surface area contributed by atoms with Crippen molar-refractivity contribution >= 4 is 26.3 Å². The average molecular weight is 548 g/mol. The van der Waals surface area contributed by atoms with Crippen LogP contribution in [0.2, 0.25) is 0 Å². The van der Waals surface area contributed by atoms with Gasteiger partial charge in [-0.05, 0) is 5.56 Å². The van der Waals surface area contributed by atoms with Gasteiger partial charge >= 0.3 is 20.4 Å². The normalized spacial score (nSPS) is 22.1. The highest BCUT2D eigenvalue weighted by Gasteiger charge is 2.51. The highest BCUT2D eigenvalue weighted by Crippen LogP contribution is 2.47. The molecule has 2 aromatic heterocycles. The molecule has 5 rings (SSSR count). The monoisotopic (exact) mass is 547 g/mol. The van der Waals surface area contributed by atoms with Crippen LogP contribution < -0.4 is 0 Å². The molecule has 1 saturated heterocycles. The minimum atomic E-state index is -3.93. The highest BCUT2D eigenvalue weighted by molar-refractivity contribution is 7.87. The molecule has 0 unspecified atom stereocenters. The summed E-state index contributed by atoms with van der Waals surface area (Å²) in [6.45, 7) is 0.805. The summed E-state index contributed by atoms with van der Waals surface area (Å²) in [7, 11) is -2.06. The Bertz CT molecular complexity index is 1540. The van der Waals surface area contributed by atoms with E-state index in [9.17, 15) is 21.6 Å². The van der Waals surface area contributed by atoms with Crippen molar-refractivity contribution in [3.05, 3.63) is 71.8 Å². The Hall–Kier alpha value is -3.07. The van der Waals surface area contributed by atoms with Crippen LogP contribution in [0.4, 0.5) is 0 Å². The number of likely N-dealkylation sites (tertiary alicyclic amines) is 1. The smallest absolute Gasteiger partial charge is 0.308 e. The number of rotatable bonds is 7. The minimum absolute atomic E-state index is 0.0325. The number of fused-ring (bicyclic) bond motifs is 2. The molecular weight excluding hydrogens is 518 g/mol. The van der Waals surface area contributed by atoms with Crippen LogP contribution in [0.25, 0.3) is 0 Å². The number of carbonyl (C=O) groups excluding carboxylic acids is 1. The van der Waals surface area contributed by atoms with Crippen LogP contribution >= 0.6 is 0 Å². The first-order valence-electron chi connectivity index (χ1n) is 11.7. The first-order valence-corrected chi connectivity index (χ1v) is 14.5. The summed E-state index contributed by atoms with van der Waals surface area (Å²) >= 11 is 0. The Balaban J connectivity index is 1.62. The van der Waals surface area contributed by atoms with Gasteiger partial charge in [-0.15, -0.1) is 0 Å². The van der Waals surface area contributed by atoms with Gasteiger partial charge in [0.1, 0.15) is 12.7 Å². The van der Waals surface area contributed by atoms with E-state index < -0.39 is 32.3 Å². The summed E-state index contributed by atoms with van der Waals surface area (Å²) in [6, 6.07) is 9.65. The van der Waals surface area contributed by atoms with E-state index in [1.165, 1.54) is 47.0 Å². The van der Waals surface area contributed by atoms with E-state index in [0.717, 1.165) is 22.1 Å². The molecule has 14 heteroatoms. The Morgan fingerprint density at radius 3 is 2.27 bits per heavy atom. The van der Waals surface area contributed by atoms with E-state index in [0.29, 0.717) is 36.6 Å². The van der Waals surface area contributed by atoms with Crippen LogP contribution in [0.15, 0.2) is 49.2 Å². The van der Waals surface area contributed by atoms with Crippen LogP contribution in [0.1, 0.15) is 28.6 Å². The van der Waals surface area contributed by atoms with Crippen LogP contribution in [0.3, 0.4) is 0 Å². The second kappa shape index (κ2) is 9.04. The molecule has 3 heterocycles. The number of aromatic nitrogens is 4. The molecule has 0 spiro atoms. The van der Waals surface area contributed by atoms with Crippen molar-refractivity contribution in [3.8, 4) is 0 Å². The molecule has 2 aliphatic rings. The van der Waals surface area contributed by atoms with Crippen molar-refractivity contribution in [2.45, 2.75) is 18.9 Å². The van der Waals surface area contributed by atoms with Gasteiger partial charge in [0.15, 0.2) is 0 Å². The topological polar surface area (TPSA) is 131 Å². The number of amides is 1. The minimum Gasteiger partial charge on any atom is -0.338 e. The maximum atomic E-state index is 13.5. The van der Waals surface area contributed by atoms with E-state index in [-0.39, 0.29) is 11.8 Å². The first-order chi connectivity index (χ1) is 17.4. The van der Waals surface area contributed by atoms with Gasteiger partial charge in [-0.1, -0.05) is 30.3 Å². The van der Waals surface area contributed by atoms with E-state index in [1.807, 2.05) is 30.3 Å². The lowest BCUT2D eigenvalue weighted by Gasteiger charge is -2.32. The lowest BCUT2D eigenvalue weighted by Crippen LogP contribution is -2.36. The third-order valence-electron chi connectivity index (χ3n) is 7.12. The second-order valence-corrected chi connectivity index (χ2v) is 13.8. The number of hydrogen-bond donors (Lipinski definition) is 0. The lowest BCUT2D eigenvalue weighted by molar-refractivity contribution is -0.131. The van der Waals surface area contributed by atoms with Gasteiger partial charge in [-0.25, -0.2) is 17.9 Å². The second-order valence-electron chi connectivity index (χ2n) is 9.74. The standard InChI is InChI=1S/C23H29N7O5S2/c1-26(2)36(32,33)29-13-20(24-14-29)21-18-12-28(11-16-8-6-5-7-9-16)23(31)17(18)10-19-22(21)30(15-25-19)37(34,35)27(3)4/h5-9,13-15,17-18,21H,10-12H2,1-4H3/t17-,18+,21+/m0/s1. The molecule has 0 N–H and O–H groups in total. The van der Waals surface area contributed by atoms with Gasteiger partial charge in [-0.2, -0.15) is 25.4 Å². The SMILES string of the molecule is CN(C)S(=O)(=O)n1cnc([C@@H]2c3c(ncn3S(=O)(=O)N(C)C)C[C@@H]3C(=O)N(Cc4ccccc4)C[C@@H]23)c1. The van der Waals surface area contributed by atoms with E-state index in [2.05, 4.69) is 9.97 Å². The highest BCUT2D eigenvalue weighted by atomic mass is 32.2. The zero-order valence-corrected chi connectivity index (χ0v) is 22.6. The van der Waals surface area contributed by atoms with Gasteiger partial charge in [0.2, 0.25) is 5.91 Å². The van der Waals surface area contributed by atoms with Crippen LogP contribution in [0, 0.1) is 11.8 Å². The molecule has 1 aromatic carbocycles. The van der Waals surface area contributed by atoms with Gasteiger partial charge in [-0.3, -0.25) is 4.79 Å². The summed E-state index contributed by atoms with van der Waals surface area (Å²) in [4.78, 5) is 24.1. The summed E-state index contributed by atoms with van der Waals surface area (Å²) in [6.07, 6.45) is 4.16. The van der Waals surface area contributed by atoms with Crippen LogP contribution in [-0.4, -0.2) is 88.9 Å². The van der Waals surface area contributed by atoms with Crippen molar-refractivity contribution in [2.24, 2.45) is 11.8 Å². The number of benzene rings is 1. The van der Waals surface area contributed by atoms with E-state index >= 15 is 0 Å². The number of carbonyl (C=O) groups is 1. The van der Waals surface area contributed by atoms with Crippen molar-refractivity contribution in [3.63, 3.8) is 0 Å². The molecule has 3 atom stereocenters. The molecule has 3 aromatic rings. The number of imidazole rings is 2. The molecular formula is C23H29N7O5S2. The quantitative estimate of drug-likeness (QED) is 0.417. The van der Waals surface area contributed by atoms with Gasteiger partial charge < -0.3 is 4.90 Å². The Morgan fingerprint density at radius 1 is 0.946 bits per heavy atom. The Labute approximate surface area is 216 Å². The van der Waals surface area contributed by atoms with E-state index in [1.54, 1.807) is 4.90 Å². The number of hydrogen-bond acceptors (Lipinski definition) is 7. The largest absolute Gasteiger partial charge is 0.338 e. The predicted octanol–water partition coefficient (Wildman–Crippen LogP) is 0.351. The molecule has 12 nitrogen and oxygen atoms in total. The zero-order chi connectivity index (χ0) is 26.7. The van der Waals surface area contributed by atoms with E-state index in [4.69, 9.17) is 0 Å². The summed E-state index contributed by atoms with van der Waals surface area (Å²) in [5.74, 6) is -1.44. The molecule has 0 bridgehead atoms. The third kappa shape index (κ3) is 4.17. The van der Waals surface area contributed by atoms with Crippen molar-refractivity contribution in [1.82, 2.24) is 31.4 Å². The molecule has 1 aliphatic carbocycles. The first kappa shape index (κ1) is 25.6. The van der Waals surface area contributed by atoms with Gasteiger partial charge in [0.25, 0.3) is 0 Å². The Kier molecular flexibility index (Phi) is 6.25. The molecule has 0 saturated carbocycles. The molecule has 1 amide bonds. The fourth-order valence-electron chi connectivity index (χ4n) is 5.19. The number of nitrogens with zero attached hydrogens (tertiary/aromatic N) is 7. The third-order valence-corrected chi connectivity index (χ3v) is 10.5. The van der Waals surface area contributed by atoms with Crippen LogP contribution in [-0.2, 0) is 38.2 Å². The molecule has 0 radical (unpaired) electrons. The van der Waals surface area contributed by atoms with Crippen molar-refractivity contribution < 1.29 is 21.6 Å². The molecule has 1 aliphatic heterocycles. The summed E-state index contributed by atoms with van der Waals surface area (Å²) in [5, 5.41) is 0. The molecule has 198 valence electrons. The van der Waals surface area contributed by atoms with Crippen molar-refractivity contribution in [1.29, 1.82) is 0 Å². The fraction of sp³-hybridized carbons (Fsp3) is 0.435. The predicted molar refractivity (Wildman–Crippen MR) is 135 cm³/mol. The fourth-order valence-corrected chi connectivity index (χ4v) is 6.96. The van der Waals surface area contributed by atoms with Gasteiger partial charge in [0, 0.05) is 65.7 Å². The molecule has 37 heavy (non-hydrogen) atoms. The van der Waals surface area contributed by atoms with Crippen molar-refractivity contribution in [2.75, 3.05) is 34.7 Å². The maximum Gasteiger partial charge on any atom is 0.308 e. The maximum absolute atomic E-state index is 13.5. The molecule has 1 fully saturated rings. The Morgan fingerprint density at radius 2 is 1.62 bits per heavy atom. The summed E-state index contributed by atoms with van der Waals surface area (Å²) in [5.41, 5.74) is 2.27. The van der Waals surface area contributed by atoms with Gasteiger partial charge in [0.05, 0.1) is 23.0 Å². The van der Waals surface area contributed by atoms with Crippen LogP contribution in [0.5, 0.6) is 0 Å². The zero-order valence-electron chi connectivity index (χ0n) is 21.0. The summed E-state index contributed by atoms with van der Waals surface area (Å²) < 4.78 is 56.2.